The number of urea groups is 1. The number of fused-ring (bicyclic) bond motifs is 3. The second-order valence-corrected chi connectivity index (χ2v) is 8.96. The van der Waals surface area contributed by atoms with Gasteiger partial charge in [0.05, 0.1) is 6.61 Å². The average Bonchev–Trinajstić information content (AvgIpc) is 3.43. The van der Waals surface area contributed by atoms with Crippen LogP contribution in [0.4, 0.5) is 14.9 Å². The lowest BCUT2D eigenvalue weighted by molar-refractivity contribution is 0.225. The fraction of sp³-hybridized carbons (Fsp3) is 0.500. The molecule has 0 bridgehead atoms. The molecule has 1 atom stereocenters. The maximum Gasteiger partial charge on any atom is 0.322 e. The zero-order valence-electron chi connectivity index (χ0n) is 16.2. The first-order valence-electron chi connectivity index (χ1n) is 10.0. The van der Waals surface area contributed by atoms with Gasteiger partial charge in [-0.1, -0.05) is 6.92 Å². The van der Waals surface area contributed by atoms with Gasteiger partial charge in [0.1, 0.15) is 5.82 Å². The molecule has 1 aliphatic heterocycles. The number of anilines is 1. The van der Waals surface area contributed by atoms with E-state index in [1.807, 2.05) is 6.92 Å². The highest BCUT2D eigenvalue weighted by molar-refractivity contribution is 7.75. The zero-order chi connectivity index (χ0) is 20.1. The van der Waals surface area contributed by atoms with Gasteiger partial charge in [0, 0.05) is 24.8 Å². The van der Waals surface area contributed by atoms with Gasteiger partial charge in [0.15, 0.2) is 5.88 Å². The number of benzene rings is 1. The molecule has 1 aromatic carbocycles. The lowest BCUT2D eigenvalue weighted by Crippen LogP contribution is -2.15. The fourth-order valence-electron chi connectivity index (χ4n) is 4.73. The Labute approximate surface area is 169 Å². The number of carbonyl (C=O) groups is 1. The predicted octanol–water partition coefficient (Wildman–Crippen LogP) is 4.08. The second-order valence-electron chi connectivity index (χ2n) is 7.84. The number of hydrogen-bond acceptors (Lipinski definition) is 5. The molecule has 0 saturated carbocycles. The third-order valence-electron chi connectivity index (χ3n) is 6.06. The number of ether oxygens (including phenoxy) is 1. The molecular formula is C20H22FN4O3S-. The molecule has 154 valence electrons. The number of carbonyl (C=O) groups excluding carboxylic acids is 1. The van der Waals surface area contributed by atoms with Gasteiger partial charge in [-0.3, -0.25) is 0 Å². The number of hydrogen-bond donors (Lipinski definition) is 1. The third-order valence-corrected chi connectivity index (χ3v) is 7.05. The van der Waals surface area contributed by atoms with E-state index in [-0.39, 0.29) is 11.7 Å². The Hall–Kier alpha value is -2.42. The molecule has 0 fully saturated rings. The van der Waals surface area contributed by atoms with Crippen molar-refractivity contribution in [3.05, 3.63) is 34.3 Å². The topological polar surface area (TPSA) is 85.6 Å². The highest BCUT2D eigenvalue weighted by atomic mass is 32.2. The molecule has 0 unspecified atom stereocenters. The van der Waals surface area contributed by atoms with Crippen molar-refractivity contribution in [3.8, 4) is 5.88 Å². The minimum atomic E-state index is -1.92. The molecule has 9 heteroatoms. The lowest BCUT2D eigenvalue weighted by Gasteiger charge is -2.19. The number of halogens is 1. The van der Waals surface area contributed by atoms with Crippen molar-refractivity contribution in [2.24, 2.45) is 4.36 Å². The first-order valence-corrected chi connectivity index (χ1v) is 11.1. The Balaban J connectivity index is 1.49. The molecule has 2 aliphatic carbocycles. The van der Waals surface area contributed by atoms with Crippen LogP contribution >= 0.6 is 0 Å². The van der Waals surface area contributed by atoms with Crippen LogP contribution in [0, 0.1) is 5.82 Å². The van der Waals surface area contributed by atoms with Gasteiger partial charge in [0.25, 0.3) is 0 Å². The van der Waals surface area contributed by atoms with Crippen LogP contribution < -0.4 is 10.1 Å². The van der Waals surface area contributed by atoms with Gasteiger partial charge in [0.2, 0.25) is 0 Å². The number of aromatic nitrogens is 2. The predicted molar refractivity (Wildman–Crippen MR) is 105 cm³/mol. The number of aryl methyl sites for hydroxylation is 1. The maximum absolute atomic E-state index is 14.9. The van der Waals surface area contributed by atoms with Crippen molar-refractivity contribution in [1.82, 2.24) is 9.78 Å². The van der Waals surface area contributed by atoms with Crippen molar-refractivity contribution in [2.75, 3.05) is 11.9 Å². The Morgan fingerprint density at radius 3 is 3.00 bits per heavy atom. The summed E-state index contributed by atoms with van der Waals surface area (Å²) in [7, 11) is -1.92. The van der Waals surface area contributed by atoms with Crippen molar-refractivity contribution in [3.63, 3.8) is 0 Å². The number of rotatable bonds is 2. The molecule has 2 aromatic rings. The molecule has 1 aromatic heterocycles. The zero-order valence-corrected chi connectivity index (χ0v) is 17.0. The van der Waals surface area contributed by atoms with E-state index >= 15 is 0 Å². The highest BCUT2D eigenvalue weighted by Gasteiger charge is 2.32. The Morgan fingerprint density at radius 1 is 1.31 bits per heavy atom. The lowest BCUT2D eigenvalue weighted by atomic mass is 9.94. The van der Waals surface area contributed by atoms with E-state index in [4.69, 9.17) is 4.74 Å². The van der Waals surface area contributed by atoms with Crippen molar-refractivity contribution in [1.29, 1.82) is 0 Å². The molecule has 2 amide bonds. The van der Waals surface area contributed by atoms with E-state index in [9.17, 15) is 13.4 Å². The van der Waals surface area contributed by atoms with E-state index in [2.05, 4.69) is 14.8 Å². The SMILES string of the molecule is C[C@@H]1CCc2c(F)c3c(c(NC(=O)N=[S-](=O)c4cnn5c4OCCC5)c21)CCC3. The van der Waals surface area contributed by atoms with Crippen LogP contribution in [0.3, 0.4) is 0 Å². The Bertz CT molecular complexity index is 1100. The Morgan fingerprint density at radius 2 is 2.14 bits per heavy atom. The van der Waals surface area contributed by atoms with Crippen LogP contribution in [0.25, 0.3) is 0 Å². The quantitative estimate of drug-likeness (QED) is 0.746. The van der Waals surface area contributed by atoms with Gasteiger partial charge in [-0.15, -0.1) is 10.6 Å². The Kier molecular flexibility index (Phi) is 4.57. The summed E-state index contributed by atoms with van der Waals surface area (Å²) in [4.78, 5) is 12.9. The molecule has 5 rings (SSSR count). The monoisotopic (exact) mass is 417 g/mol. The normalized spacial score (nSPS) is 20.7. The van der Waals surface area contributed by atoms with Crippen LogP contribution in [-0.4, -0.2) is 22.4 Å². The fourth-order valence-corrected chi connectivity index (χ4v) is 5.48. The van der Waals surface area contributed by atoms with Crippen molar-refractivity contribution in [2.45, 2.75) is 62.8 Å². The van der Waals surface area contributed by atoms with E-state index in [0.717, 1.165) is 36.8 Å². The summed E-state index contributed by atoms with van der Waals surface area (Å²) in [5.41, 5.74) is 3.86. The minimum absolute atomic E-state index is 0.0981. The van der Waals surface area contributed by atoms with E-state index in [1.54, 1.807) is 4.68 Å². The van der Waals surface area contributed by atoms with Crippen LogP contribution in [0.2, 0.25) is 0 Å². The number of amides is 2. The maximum atomic E-state index is 14.9. The molecule has 0 spiro atoms. The first kappa shape index (κ1) is 18.6. The van der Waals surface area contributed by atoms with Crippen molar-refractivity contribution < 1.29 is 18.1 Å². The number of nitrogens with zero attached hydrogens (tertiary/aromatic N) is 3. The smallest absolute Gasteiger partial charge is 0.322 e. The summed E-state index contributed by atoms with van der Waals surface area (Å²) in [6, 6.07) is -0.693. The standard InChI is InChI=1S/C20H22FN4O3S/c1-11-6-7-14-16(11)18(13-5-2-4-12(13)17(14)21)23-20(26)24-29(27)15-10-22-25-8-3-9-28-19(15)25/h10-11H,2-9H2,1H3,(H,23,26)/q-1/t11-/m1/s1. The molecule has 0 radical (unpaired) electrons. The van der Waals surface area contributed by atoms with Gasteiger partial charge in [-0.2, -0.15) is 5.10 Å². The molecule has 2 heterocycles. The molecule has 1 N–H and O–H groups in total. The van der Waals surface area contributed by atoms with E-state index in [0.29, 0.717) is 53.6 Å². The first-order chi connectivity index (χ1) is 14.0. The average molecular weight is 417 g/mol. The van der Waals surface area contributed by atoms with Crippen LogP contribution in [0.1, 0.15) is 54.4 Å². The molecule has 3 aliphatic rings. The summed E-state index contributed by atoms with van der Waals surface area (Å²) >= 11 is 0. The summed E-state index contributed by atoms with van der Waals surface area (Å²) in [6.45, 7) is 3.26. The minimum Gasteiger partial charge on any atom is -0.479 e. The van der Waals surface area contributed by atoms with Gasteiger partial charge in [-0.05, 0) is 65.2 Å². The van der Waals surface area contributed by atoms with Gasteiger partial charge in [-0.25, -0.2) is 13.9 Å². The summed E-state index contributed by atoms with van der Waals surface area (Å²) in [5.74, 6) is 0.477. The largest absolute Gasteiger partial charge is 0.479 e. The summed E-state index contributed by atoms with van der Waals surface area (Å²) in [6.07, 6.45) is 6.10. The highest BCUT2D eigenvalue weighted by Crippen LogP contribution is 2.45. The summed E-state index contributed by atoms with van der Waals surface area (Å²) in [5, 5.41) is 6.99. The molecule has 29 heavy (non-hydrogen) atoms. The van der Waals surface area contributed by atoms with E-state index in [1.165, 1.54) is 6.20 Å². The number of nitrogens with one attached hydrogen (secondary N) is 1. The van der Waals surface area contributed by atoms with E-state index < -0.39 is 16.6 Å². The molecule has 7 nitrogen and oxygen atoms in total. The van der Waals surface area contributed by atoms with Crippen LogP contribution in [0.15, 0.2) is 15.5 Å². The van der Waals surface area contributed by atoms with Crippen molar-refractivity contribution >= 4 is 22.3 Å². The second kappa shape index (κ2) is 7.12. The van der Waals surface area contributed by atoms with Crippen LogP contribution in [0.5, 0.6) is 5.88 Å². The molecular weight excluding hydrogens is 395 g/mol. The van der Waals surface area contributed by atoms with Crippen LogP contribution in [-0.2, 0) is 40.6 Å². The molecule has 0 saturated heterocycles. The van der Waals surface area contributed by atoms with Gasteiger partial charge >= 0.3 is 6.03 Å². The van der Waals surface area contributed by atoms with Gasteiger partial charge < -0.3 is 18.6 Å². The summed E-state index contributed by atoms with van der Waals surface area (Å²) < 4.78 is 38.6. The third kappa shape index (κ3) is 3.02.